The molecule has 0 aliphatic heterocycles. The first-order valence-corrected chi connectivity index (χ1v) is 10.5. The molecule has 3 rings (SSSR count). The second kappa shape index (κ2) is 9.28. The number of nitriles is 1. The van der Waals surface area contributed by atoms with E-state index in [2.05, 4.69) is 15.0 Å². The number of pyridine rings is 1. The zero-order valence-electron chi connectivity index (χ0n) is 15.6. The molecule has 1 aromatic heterocycles. The normalized spacial score (nSPS) is 12.2. The van der Waals surface area contributed by atoms with Gasteiger partial charge in [-0.2, -0.15) is 9.98 Å². The van der Waals surface area contributed by atoms with Crippen molar-refractivity contribution in [3.63, 3.8) is 0 Å². The Bertz CT molecular complexity index is 1140. The minimum atomic E-state index is -3.95. The minimum absolute atomic E-state index is 0.0564. The molecule has 0 fully saturated rings. The largest absolute Gasteiger partial charge is 0.354 e. The molecule has 1 unspecified atom stereocenters. The van der Waals surface area contributed by atoms with Crippen molar-refractivity contribution in [2.24, 2.45) is 0 Å². The second-order valence-corrected chi connectivity index (χ2v) is 8.13. The van der Waals surface area contributed by atoms with Crippen molar-refractivity contribution < 1.29 is 13.2 Å². The summed E-state index contributed by atoms with van der Waals surface area (Å²) in [4.78, 5) is 16.8. The lowest BCUT2D eigenvalue weighted by molar-refractivity contribution is -0.122. The van der Waals surface area contributed by atoms with Crippen LogP contribution in [0.3, 0.4) is 0 Å². The third-order valence-corrected chi connectivity index (χ3v) is 5.79. The Hall–Kier alpha value is -3.28. The van der Waals surface area contributed by atoms with E-state index in [0.717, 1.165) is 5.56 Å². The zero-order chi connectivity index (χ0) is 20.7. The number of nitrogens with one attached hydrogen (secondary N) is 2. The van der Waals surface area contributed by atoms with Crippen molar-refractivity contribution in [2.75, 3.05) is 6.54 Å². The van der Waals surface area contributed by atoms with Crippen LogP contribution >= 0.6 is 0 Å². The maximum absolute atomic E-state index is 12.9. The summed E-state index contributed by atoms with van der Waals surface area (Å²) in [5, 5.41) is 12.0. The summed E-state index contributed by atoms with van der Waals surface area (Å²) in [7, 11) is -3.95. The number of hydrogen-bond donors (Lipinski definition) is 2. The monoisotopic (exact) mass is 408 g/mol. The fraction of sp³-hybridized carbons (Fsp3) is 0.190. The molecule has 1 heterocycles. The van der Waals surface area contributed by atoms with Crippen LogP contribution in [0, 0.1) is 11.3 Å². The van der Waals surface area contributed by atoms with Crippen LogP contribution in [-0.4, -0.2) is 31.9 Å². The van der Waals surface area contributed by atoms with Crippen LogP contribution in [0.2, 0.25) is 0 Å². The summed E-state index contributed by atoms with van der Waals surface area (Å²) >= 11 is 0. The summed E-state index contributed by atoms with van der Waals surface area (Å²) in [6.07, 6.45) is 1.97. The average molecular weight is 408 g/mol. The van der Waals surface area contributed by atoms with Gasteiger partial charge in [-0.25, -0.2) is 8.42 Å². The van der Waals surface area contributed by atoms with Gasteiger partial charge < -0.3 is 5.32 Å². The highest BCUT2D eigenvalue weighted by molar-refractivity contribution is 7.89. The van der Waals surface area contributed by atoms with Crippen LogP contribution < -0.4 is 10.0 Å². The van der Waals surface area contributed by atoms with Crippen LogP contribution in [0.25, 0.3) is 10.9 Å². The number of benzene rings is 2. The number of aromatic nitrogens is 1. The number of nitrogens with zero attached hydrogens (tertiary/aromatic N) is 2. The van der Waals surface area contributed by atoms with Gasteiger partial charge in [0.05, 0.1) is 22.9 Å². The van der Waals surface area contributed by atoms with E-state index < -0.39 is 22.0 Å². The predicted octanol–water partition coefficient (Wildman–Crippen LogP) is 2.15. The topological polar surface area (TPSA) is 112 Å². The number of amides is 1. The van der Waals surface area contributed by atoms with Crippen LogP contribution in [0.5, 0.6) is 0 Å². The molecule has 0 saturated carbocycles. The third-order valence-electron chi connectivity index (χ3n) is 4.32. The van der Waals surface area contributed by atoms with Gasteiger partial charge in [0.2, 0.25) is 15.9 Å². The smallest absolute Gasteiger partial charge is 0.241 e. The lowest BCUT2D eigenvalue weighted by Gasteiger charge is -2.18. The van der Waals surface area contributed by atoms with Crippen LogP contribution in [-0.2, 0) is 21.2 Å². The average Bonchev–Trinajstić information content (AvgIpc) is 2.73. The Morgan fingerprint density at radius 1 is 1.10 bits per heavy atom. The number of carbonyl (C=O) groups is 1. The van der Waals surface area contributed by atoms with E-state index in [1.165, 1.54) is 12.1 Å². The van der Waals surface area contributed by atoms with Crippen molar-refractivity contribution in [2.45, 2.75) is 23.8 Å². The zero-order valence-corrected chi connectivity index (χ0v) is 16.4. The number of carbonyl (C=O) groups excluding carboxylic acids is 1. The molecule has 0 spiro atoms. The highest BCUT2D eigenvalue weighted by Crippen LogP contribution is 2.18. The van der Waals surface area contributed by atoms with Crippen LogP contribution in [0.15, 0.2) is 71.8 Å². The Morgan fingerprint density at radius 2 is 1.90 bits per heavy atom. The van der Waals surface area contributed by atoms with E-state index in [9.17, 15) is 13.2 Å². The van der Waals surface area contributed by atoms with Gasteiger partial charge in [-0.15, -0.1) is 0 Å². The first-order valence-electron chi connectivity index (χ1n) is 9.05. The molecule has 2 aromatic carbocycles. The van der Waals surface area contributed by atoms with E-state index in [1.54, 1.807) is 24.4 Å². The standard InChI is InChI=1S/C21H20N4O3S/c22-11-5-13-24-21(26)20(14-16-6-2-1-3-7-16)25-29(27,28)18-9-10-19-17(15-18)8-4-12-23-19/h1-4,6-10,12,15,20,25H,5,13-14H2,(H,24,26). The molecule has 148 valence electrons. The number of hydrogen-bond acceptors (Lipinski definition) is 5. The fourth-order valence-corrected chi connectivity index (χ4v) is 4.11. The van der Waals surface area contributed by atoms with Crippen molar-refractivity contribution in [1.82, 2.24) is 15.0 Å². The molecule has 0 aliphatic carbocycles. The van der Waals surface area contributed by atoms with Gasteiger partial charge >= 0.3 is 0 Å². The minimum Gasteiger partial charge on any atom is -0.354 e. The molecule has 3 aromatic rings. The van der Waals surface area contributed by atoms with Crippen molar-refractivity contribution >= 4 is 26.8 Å². The van der Waals surface area contributed by atoms with Crippen molar-refractivity contribution in [1.29, 1.82) is 5.26 Å². The Morgan fingerprint density at radius 3 is 2.66 bits per heavy atom. The Labute approximate surface area is 169 Å². The van der Waals surface area contributed by atoms with Crippen molar-refractivity contribution in [3.8, 4) is 6.07 Å². The SMILES string of the molecule is N#CCCNC(=O)C(Cc1ccccc1)NS(=O)(=O)c1ccc2ncccc2c1. The summed E-state index contributed by atoms with van der Waals surface area (Å²) < 4.78 is 28.4. The molecule has 0 radical (unpaired) electrons. The molecule has 7 nitrogen and oxygen atoms in total. The maximum atomic E-state index is 12.9. The van der Waals surface area contributed by atoms with Gasteiger partial charge in [0, 0.05) is 18.1 Å². The van der Waals surface area contributed by atoms with E-state index >= 15 is 0 Å². The van der Waals surface area contributed by atoms with E-state index in [1.807, 2.05) is 36.4 Å². The van der Waals surface area contributed by atoms with Gasteiger partial charge in [0.1, 0.15) is 6.04 Å². The molecule has 8 heteroatoms. The molecular weight excluding hydrogens is 388 g/mol. The quantitative estimate of drug-likeness (QED) is 0.555. The molecule has 29 heavy (non-hydrogen) atoms. The Balaban J connectivity index is 1.85. The Kier molecular flexibility index (Phi) is 6.54. The van der Waals surface area contributed by atoms with E-state index in [0.29, 0.717) is 10.9 Å². The highest BCUT2D eigenvalue weighted by Gasteiger charge is 2.26. The molecule has 1 atom stereocenters. The molecule has 0 saturated heterocycles. The molecule has 0 aliphatic rings. The van der Waals surface area contributed by atoms with Gasteiger partial charge in [-0.1, -0.05) is 36.4 Å². The third kappa shape index (κ3) is 5.38. The molecule has 2 N–H and O–H groups in total. The maximum Gasteiger partial charge on any atom is 0.241 e. The first-order chi connectivity index (χ1) is 14.0. The molecular formula is C21H20N4O3S. The number of rotatable bonds is 8. The predicted molar refractivity (Wildman–Crippen MR) is 109 cm³/mol. The molecule has 1 amide bonds. The van der Waals surface area contributed by atoms with Crippen LogP contribution in [0.4, 0.5) is 0 Å². The van der Waals surface area contributed by atoms with Gasteiger partial charge in [-0.3, -0.25) is 9.78 Å². The summed E-state index contributed by atoms with van der Waals surface area (Å²) in [5.41, 5.74) is 1.50. The number of fused-ring (bicyclic) bond motifs is 1. The molecule has 0 bridgehead atoms. The summed E-state index contributed by atoms with van der Waals surface area (Å²) in [6.45, 7) is 0.157. The fourth-order valence-electron chi connectivity index (χ4n) is 2.88. The summed E-state index contributed by atoms with van der Waals surface area (Å²) in [5.74, 6) is -0.477. The van der Waals surface area contributed by atoms with Gasteiger partial charge in [-0.05, 0) is 36.2 Å². The van der Waals surface area contributed by atoms with E-state index in [4.69, 9.17) is 5.26 Å². The lowest BCUT2D eigenvalue weighted by Crippen LogP contribution is -2.48. The second-order valence-electron chi connectivity index (χ2n) is 6.42. The number of sulfonamides is 1. The van der Waals surface area contributed by atoms with Gasteiger partial charge in [0.15, 0.2) is 0 Å². The van der Waals surface area contributed by atoms with Gasteiger partial charge in [0.25, 0.3) is 0 Å². The van der Waals surface area contributed by atoms with E-state index in [-0.39, 0.29) is 24.3 Å². The lowest BCUT2D eigenvalue weighted by atomic mass is 10.1. The first kappa shape index (κ1) is 20.5. The van der Waals surface area contributed by atoms with Crippen LogP contribution in [0.1, 0.15) is 12.0 Å². The highest BCUT2D eigenvalue weighted by atomic mass is 32.2. The van der Waals surface area contributed by atoms with Crippen molar-refractivity contribution in [3.05, 3.63) is 72.4 Å². The summed E-state index contributed by atoms with van der Waals surface area (Å²) in [6, 6.07) is 18.2.